The van der Waals surface area contributed by atoms with E-state index < -0.39 is 0 Å². The topological polar surface area (TPSA) is 15.3 Å². The van der Waals surface area contributed by atoms with Crippen LogP contribution >= 0.6 is 0 Å². The van der Waals surface area contributed by atoms with Crippen LogP contribution in [0.3, 0.4) is 0 Å². The molecule has 1 rings (SSSR count). The number of likely N-dealkylation sites (N-methyl/N-ethyl adjacent to an activating group) is 2. The van der Waals surface area contributed by atoms with Crippen molar-refractivity contribution in [3.05, 3.63) is 0 Å². The highest BCUT2D eigenvalue weighted by Crippen LogP contribution is 2.32. The second kappa shape index (κ2) is 8.26. The van der Waals surface area contributed by atoms with Gasteiger partial charge >= 0.3 is 0 Å². The van der Waals surface area contributed by atoms with Gasteiger partial charge in [0.15, 0.2) is 0 Å². The molecule has 0 bridgehead atoms. The third kappa shape index (κ3) is 4.75. The van der Waals surface area contributed by atoms with Crippen molar-refractivity contribution in [1.82, 2.24) is 10.2 Å². The highest BCUT2D eigenvalue weighted by molar-refractivity contribution is 4.92. The molecule has 0 aromatic heterocycles. The highest BCUT2D eigenvalue weighted by atomic mass is 15.2. The maximum absolute atomic E-state index is 3.73. The summed E-state index contributed by atoms with van der Waals surface area (Å²) in [5.41, 5.74) is 0. The van der Waals surface area contributed by atoms with Gasteiger partial charge in [-0.1, -0.05) is 40.5 Å². The fourth-order valence-electron chi connectivity index (χ4n) is 3.62. The summed E-state index contributed by atoms with van der Waals surface area (Å²) < 4.78 is 0. The number of nitrogens with one attached hydrogen (secondary N) is 1. The molecule has 1 aliphatic rings. The first kappa shape index (κ1) is 17.0. The summed E-state index contributed by atoms with van der Waals surface area (Å²) in [4.78, 5) is 2.65. The van der Waals surface area contributed by atoms with E-state index in [1.807, 2.05) is 0 Å². The lowest BCUT2D eigenvalue weighted by Crippen LogP contribution is -2.55. The van der Waals surface area contributed by atoms with Crippen LogP contribution in [-0.2, 0) is 0 Å². The zero-order chi connectivity index (χ0) is 14.4. The Balaban J connectivity index is 2.69. The molecule has 0 aliphatic heterocycles. The van der Waals surface area contributed by atoms with Gasteiger partial charge in [0, 0.05) is 18.1 Å². The summed E-state index contributed by atoms with van der Waals surface area (Å²) in [6.07, 6.45) is 6.93. The summed E-state index contributed by atoms with van der Waals surface area (Å²) in [6, 6.07) is 2.10. The number of hydrogen-bond acceptors (Lipinski definition) is 2. The highest BCUT2D eigenvalue weighted by Gasteiger charge is 2.34. The Morgan fingerprint density at radius 1 is 1.16 bits per heavy atom. The Kier molecular flexibility index (Phi) is 7.38. The van der Waals surface area contributed by atoms with Gasteiger partial charge in [0.05, 0.1) is 0 Å². The van der Waals surface area contributed by atoms with Crippen LogP contribution in [0.15, 0.2) is 0 Å². The summed E-state index contributed by atoms with van der Waals surface area (Å²) in [5.74, 6) is 1.69. The first-order valence-corrected chi connectivity index (χ1v) is 8.46. The van der Waals surface area contributed by atoms with Crippen LogP contribution in [0.25, 0.3) is 0 Å². The van der Waals surface area contributed by atoms with E-state index in [2.05, 4.69) is 51.9 Å². The second-order valence-electron chi connectivity index (χ2n) is 6.85. The molecule has 0 radical (unpaired) electrons. The van der Waals surface area contributed by atoms with Crippen molar-refractivity contribution in [3.63, 3.8) is 0 Å². The molecule has 1 aliphatic carbocycles. The van der Waals surface area contributed by atoms with Crippen molar-refractivity contribution in [1.29, 1.82) is 0 Å². The van der Waals surface area contributed by atoms with Crippen molar-refractivity contribution < 1.29 is 0 Å². The third-order valence-electron chi connectivity index (χ3n) is 5.22. The zero-order valence-corrected chi connectivity index (χ0v) is 14.1. The molecular weight excluding hydrogens is 232 g/mol. The van der Waals surface area contributed by atoms with Crippen LogP contribution in [0, 0.1) is 11.8 Å². The molecular formula is C17H36N2. The van der Waals surface area contributed by atoms with Crippen molar-refractivity contribution in [3.8, 4) is 0 Å². The molecule has 4 unspecified atom stereocenters. The van der Waals surface area contributed by atoms with E-state index in [1.165, 1.54) is 32.1 Å². The number of rotatable bonds is 7. The summed E-state index contributed by atoms with van der Waals surface area (Å²) in [5, 5.41) is 3.73. The fourth-order valence-corrected chi connectivity index (χ4v) is 3.62. The van der Waals surface area contributed by atoms with Gasteiger partial charge in [0.2, 0.25) is 0 Å². The van der Waals surface area contributed by atoms with Gasteiger partial charge < -0.3 is 5.32 Å². The van der Waals surface area contributed by atoms with Crippen molar-refractivity contribution in [2.45, 2.75) is 84.8 Å². The van der Waals surface area contributed by atoms with Crippen LogP contribution in [-0.4, -0.2) is 36.6 Å². The molecule has 19 heavy (non-hydrogen) atoms. The quantitative estimate of drug-likeness (QED) is 0.753. The van der Waals surface area contributed by atoms with E-state index in [0.29, 0.717) is 12.1 Å². The first-order chi connectivity index (χ1) is 9.01. The summed E-state index contributed by atoms with van der Waals surface area (Å²) in [6.45, 7) is 12.7. The molecule has 2 heteroatoms. The lowest BCUT2D eigenvalue weighted by Gasteiger charge is -2.45. The Bertz CT molecular complexity index is 239. The van der Waals surface area contributed by atoms with E-state index >= 15 is 0 Å². The van der Waals surface area contributed by atoms with Gasteiger partial charge in [-0.3, -0.25) is 4.90 Å². The van der Waals surface area contributed by atoms with Gasteiger partial charge in [0.25, 0.3) is 0 Å². The lowest BCUT2D eigenvalue weighted by atomic mass is 9.79. The maximum Gasteiger partial charge on any atom is 0.0251 e. The number of hydrogen-bond donors (Lipinski definition) is 1. The lowest BCUT2D eigenvalue weighted by molar-refractivity contribution is 0.0706. The van der Waals surface area contributed by atoms with E-state index in [1.54, 1.807) is 0 Å². The molecule has 114 valence electrons. The largest absolute Gasteiger partial charge is 0.313 e. The van der Waals surface area contributed by atoms with Crippen LogP contribution < -0.4 is 5.32 Å². The molecule has 1 saturated carbocycles. The van der Waals surface area contributed by atoms with E-state index in [0.717, 1.165) is 24.4 Å². The standard InChI is InChI=1S/C17H36N2/c1-7-9-15-10-11-16(18-8-2)17(12-15)19(6)14(5)13(3)4/h13-18H,7-12H2,1-6H3. The van der Waals surface area contributed by atoms with Crippen molar-refractivity contribution >= 4 is 0 Å². The Labute approximate surface area is 121 Å². The normalized spacial score (nSPS) is 30.0. The van der Waals surface area contributed by atoms with Gasteiger partial charge in [-0.15, -0.1) is 0 Å². The predicted molar refractivity (Wildman–Crippen MR) is 85.6 cm³/mol. The molecule has 0 spiro atoms. The monoisotopic (exact) mass is 268 g/mol. The second-order valence-corrected chi connectivity index (χ2v) is 6.85. The molecule has 0 heterocycles. The molecule has 0 aromatic rings. The SMILES string of the molecule is CCCC1CCC(NCC)C(N(C)C(C)C(C)C)C1. The zero-order valence-electron chi connectivity index (χ0n) is 14.1. The molecule has 0 saturated heterocycles. The predicted octanol–water partition coefficient (Wildman–Crippen LogP) is 3.91. The minimum absolute atomic E-state index is 0.673. The van der Waals surface area contributed by atoms with Gasteiger partial charge in [0.1, 0.15) is 0 Å². The van der Waals surface area contributed by atoms with E-state index in [-0.39, 0.29) is 0 Å². The maximum atomic E-state index is 3.73. The number of nitrogens with zero attached hydrogens (tertiary/aromatic N) is 1. The molecule has 1 N–H and O–H groups in total. The summed E-state index contributed by atoms with van der Waals surface area (Å²) >= 11 is 0. The minimum atomic E-state index is 0.673. The molecule has 1 fully saturated rings. The molecule has 0 aromatic carbocycles. The Hall–Kier alpha value is -0.0800. The average molecular weight is 268 g/mol. The van der Waals surface area contributed by atoms with Gasteiger partial charge in [-0.05, 0) is 51.6 Å². The Morgan fingerprint density at radius 3 is 2.37 bits per heavy atom. The minimum Gasteiger partial charge on any atom is -0.313 e. The van der Waals surface area contributed by atoms with Crippen LogP contribution in [0.4, 0.5) is 0 Å². The third-order valence-corrected chi connectivity index (χ3v) is 5.22. The molecule has 2 nitrogen and oxygen atoms in total. The van der Waals surface area contributed by atoms with Crippen molar-refractivity contribution in [2.24, 2.45) is 11.8 Å². The van der Waals surface area contributed by atoms with Crippen molar-refractivity contribution in [2.75, 3.05) is 13.6 Å². The first-order valence-electron chi connectivity index (χ1n) is 8.46. The smallest absolute Gasteiger partial charge is 0.0251 e. The van der Waals surface area contributed by atoms with Crippen LogP contribution in [0.5, 0.6) is 0 Å². The Morgan fingerprint density at radius 2 is 1.84 bits per heavy atom. The van der Waals surface area contributed by atoms with E-state index in [9.17, 15) is 0 Å². The summed E-state index contributed by atoms with van der Waals surface area (Å²) in [7, 11) is 2.34. The fraction of sp³-hybridized carbons (Fsp3) is 1.00. The van der Waals surface area contributed by atoms with Gasteiger partial charge in [-0.25, -0.2) is 0 Å². The molecule has 0 amide bonds. The average Bonchev–Trinajstić information content (AvgIpc) is 2.39. The van der Waals surface area contributed by atoms with E-state index in [4.69, 9.17) is 0 Å². The van der Waals surface area contributed by atoms with Crippen LogP contribution in [0.1, 0.15) is 66.7 Å². The van der Waals surface area contributed by atoms with Gasteiger partial charge in [-0.2, -0.15) is 0 Å². The molecule has 4 atom stereocenters. The van der Waals surface area contributed by atoms with Crippen LogP contribution in [0.2, 0.25) is 0 Å².